The predicted molar refractivity (Wildman–Crippen MR) is 58.7 cm³/mol. The van der Waals surface area contributed by atoms with Gasteiger partial charge in [0, 0.05) is 31.4 Å². The van der Waals surface area contributed by atoms with E-state index in [2.05, 4.69) is 9.97 Å². The van der Waals surface area contributed by atoms with Crippen LogP contribution < -0.4 is 4.90 Å². The Kier molecular flexibility index (Phi) is 2.86. The van der Waals surface area contributed by atoms with Gasteiger partial charge in [0.25, 0.3) is 0 Å². The van der Waals surface area contributed by atoms with E-state index in [1.807, 2.05) is 18.0 Å². The fourth-order valence-electron chi connectivity index (χ4n) is 2.11. The summed E-state index contributed by atoms with van der Waals surface area (Å²) in [4.78, 5) is 10.4. The van der Waals surface area contributed by atoms with Crippen molar-refractivity contribution in [3.8, 4) is 0 Å². The van der Waals surface area contributed by atoms with Crippen LogP contribution >= 0.6 is 0 Å². The van der Waals surface area contributed by atoms with E-state index in [-0.39, 0.29) is 12.0 Å². The van der Waals surface area contributed by atoms with Gasteiger partial charge in [-0.2, -0.15) is 0 Å². The van der Waals surface area contributed by atoms with E-state index >= 15 is 0 Å². The minimum Gasteiger partial charge on any atom is -0.396 e. The zero-order valence-corrected chi connectivity index (χ0v) is 9.06. The van der Waals surface area contributed by atoms with E-state index in [0.29, 0.717) is 0 Å². The average Bonchev–Trinajstić information content (AvgIpc) is 2.24. The van der Waals surface area contributed by atoms with Crippen molar-refractivity contribution in [3.63, 3.8) is 0 Å². The molecule has 4 heteroatoms. The molecule has 0 radical (unpaired) electrons. The molecule has 0 aliphatic heterocycles. The molecular formula is C11H17N3O. The monoisotopic (exact) mass is 207 g/mol. The Morgan fingerprint density at radius 3 is 2.53 bits per heavy atom. The van der Waals surface area contributed by atoms with E-state index in [1.54, 1.807) is 12.4 Å². The Morgan fingerprint density at radius 2 is 2.07 bits per heavy atom. The maximum Gasteiger partial charge on any atom is 0.224 e. The maximum absolute atomic E-state index is 9.36. The summed E-state index contributed by atoms with van der Waals surface area (Å²) in [6, 6.07) is 1.81. The molecule has 1 saturated carbocycles. The van der Waals surface area contributed by atoms with Crippen LogP contribution in [0.25, 0.3) is 0 Å². The number of aliphatic hydroxyl groups is 1. The SMILES string of the molecule is CN(CC1(CO)CCC1)c1ncccn1. The molecule has 1 aromatic rings. The first-order valence-corrected chi connectivity index (χ1v) is 5.35. The predicted octanol–water partition coefficient (Wildman–Crippen LogP) is 1.08. The summed E-state index contributed by atoms with van der Waals surface area (Å²) in [7, 11) is 1.98. The highest BCUT2D eigenvalue weighted by atomic mass is 16.3. The van der Waals surface area contributed by atoms with Gasteiger partial charge in [-0.3, -0.25) is 0 Å². The van der Waals surface area contributed by atoms with Crippen molar-refractivity contribution in [1.29, 1.82) is 0 Å². The lowest BCUT2D eigenvalue weighted by Gasteiger charge is -2.42. The average molecular weight is 207 g/mol. The van der Waals surface area contributed by atoms with Crippen molar-refractivity contribution in [2.75, 3.05) is 25.1 Å². The van der Waals surface area contributed by atoms with E-state index in [0.717, 1.165) is 25.3 Å². The summed E-state index contributed by atoms with van der Waals surface area (Å²) in [6.07, 6.45) is 6.93. The van der Waals surface area contributed by atoms with E-state index in [1.165, 1.54) is 6.42 Å². The summed E-state index contributed by atoms with van der Waals surface area (Å²) in [6.45, 7) is 1.11. The van der Waals surface area contributed by atoms with Crippen LogP contribution in [0.3, 0.4) is 0 Å². The molecule has 1 N–H and O–H groups in total. The quantitative estimate of drug-likeness (QED) is 0.802. The molecule has 1 aliphatic carbocycles. The van der Waals surface area contributed by atoms with Crippen molar-refractivity contribution < 1.29 is 5.11 Å². The summed E-state index contributed by atoms with van der Waals surface area (Å²) < 4.78 is 0. The third-order valence-electron chi connectivity index (χ3n) is 3.22. The molecule has 1 aliphatic rings. The number of hydrogen-bond acceptors (Lipinski definition) is 4. The zero-order valence-electron chi connectivity index (χ0n) is 9.06. The summed E-state index contributed by atoms with van der Waals surface area (Å²) in [5.41, 5.74) is 0.0912. The lowest BCUT2D eigenvalue weighted by atomic mass is 9.69. The second-order valence-corrected chi connectivity index (χ2v) is 4.42. The van der Waals surface area contributed by atoms with Gasteiger partial charge in [0.15, 0.2) is 0 Å². The van der Waals surface area contributed by atoms with E-state index in [4.69, 9.17) is 0 Å². The summed E-state index contributed by atoms with van der Waals surface area (Å²) >= 11 is 0. The minimum absolute atomic E-state index is 0.0912. The van der Waals surface area contributed by atoms with Crippen LogP contribution in [-0.4, -0.2) is 35.3 Å². The smallest absolute Gasteiger partial charge is 0.224 e. The van der Waals surface area contributed by atoms with Crippen LogP contribution in [0.4, 0.5) is 5.95 Å². The fourth-order valence-corrected chi connectivity index (χ4v) is 2.11. The third-order valence-corrected chi connectivity index (χ3v) is 3.22. The van der Waals surface area contributed by atoms with Gasteiger partial charge >= 0.3 is 0 Å². The molecule has 4 nitrogen and oxygen atoms in total. The number of aliphatic hydroxyl groups excluding tert-OH is 1. The second-order valence-electron chi connectivity index (χ2n) is 4.42. The van der Waals surface area contributed by atoms with Crippen molar-refractivity contribution in [1.82, 2.24) is 9.97 Å². The molecule has 2 rings (SSSR count). The number of nitrogens with zero attached hydrogens (tertiary/aromatic N) is 3. The highest BCUT2D eigenvalue weighted by molar-refractivity contribution is 5.27. The van der Waals surface area contributed by atoms with E-state index < -0.39 is 0 Å². The maximum atomic E-state index is 9.36. The van der Waals surface area contributed by atoms with Crippen LogP contribution in [0.15, 0.2) is 18.5 Å². The zero-order chi connectivity index (χ0) is 10.7. The molecule has 0 atom stereocenters. The number of aromatic nitrogens is 2. The topological polar surface area (TPSA) is 49.2 Å². The molecule has 82 valence electrons. The van der Waals surface area contributed by atoms with Gasteiger partial charge in [-0.15, -0.1) is 0 Å². The first-order chi connectivity index (χ1) is 7.26. The molecule has 0 saturated heterocycles. The van der Waals surface area contributed by atoms with Gasteiger partial charge < -0.3 is 10.0 Å². The Morgan fingerprint density at radius 1 is 1.40 bits per heavy atom. The number of rotatable bonds is 4. The highest BCUT2D eigenvalue weighted by Crippen LogP contribution is 2.41. The fraction of sp³-hybridized carbons (Fsp3) is 0.636. The van der Waals surface area contributed by atoms with Gasteiger partial charge in [0.2, 0.25) is 5.95 Å². The Bertz CT molecular complexity index is 305. The Hall–Kier alpha value is -1.16. The normalized spacial score (nSPS) is 18.3. The Labute approximate surface area is 90.0 Å². The standard InChI is InChI=1S/C11H17N3O/c1-14(10-12-6-3-7-13-10)8-11(9-15)4-2-5-11/h3,6-7,15H,2,4-5,8-9H2,1H3. The molecule has 0 spiro atoms. The first-order valence-electron chi connectivity index (χ1n) is 5.35. The van der Waals surface area contributed by atoms with Crippen LogP contribution in [0.2, 0.25) is 0 Å². The molecule has 1 aromatic heterocycles. The van der Waals surface area contributed by atoms with Crippen LogP contribution in [0.1, 0.15) is 19.3 Å². The third kappa shape index (κ3) is 2.09. The molecule has 0 aromatic carbocycles. The molecule has 0 bridgehead atoms. The molecule has 0 amide bonds. The number of anilines is 1. The lowest BCUT2D eigenvalue weighted by Crippen LogP contribution is -2.44. The molecular weight excluding hydrogens is 190 g/mol. The second kappa shape index (κ2) is 4.14. The Balaban J connectivity index is 2.00. The van der Waals surface area contributed by atoms with Gasteiger partial charge in [0.1, 0.15) is 0 Å². The van der Waals surface area contributed by atoms with Crippen molar-refractivity contribution in [2.24, 2.45) is 5.41 Å². The summed E-state index contributed by atoms with van der Waals surface area (Å²) in [5, 5.41) is 9.36. The van der Waals surface area contributed by atoms with Crippen molar-refractivity contribution in [2.45, 2.75) is 19.3 Å². The highest BCUT2D eigenvalue weighted by Gasteiger charge is 2.37. The number of hydrogen-bond donors (Lipinski definition) is 1. The van der Waals surface area contributed by atoms with Gasteiger partial charge in [-0.25, -0.2) is 9.97 Å². The van der Waals surface area contributed by atoms with E-state index in [9.17, 15) is 5.11 Å². The van der Waals surface area contributed by atoms with Crippen LogP contribution in [0, 0.1) is 5.41 Å². The molecule has 0 unspecified atom stereocenters. The van der Waals surface area contributed by atoms with Gasteiger partial charge in [-0.1, -0.05) is 6.42 Å². The molecule has 15 heavy (non-hydrogen) atoms. The van der Waals surface area contributed by atoms with Gasteiger partial charge in [0.05, 0.1) is 6.61 Å². The summed E-state index contributed by atoms with van der Waals surface area (Å²) in [5.74, 6) is 0.734. The van der Waals surface area contributed by atoms with Crippen LogP contribution in [-0.2, 0) is 0 Å². The molecule has 1 heterocycles. The lowest BCUT2D eigenvalue weighted by molar-refractivity contribution is 0.0521. The van der Waals surface area contributed by atoms with Crippen molar-refractivity contribution >= 4 is 5.95 Å². The first kappa shape index (κ1) is 10.4. The van der Waals surface area contributed by atoms with Crippen molar-refractivity contribution in [3.05, 3.63) is 18.5 Å². The largest absolute Gasteiger partial charge is 0.396 e. The molecule has 1 fully saturated rings. The van der Waals surface area contributed by atoms with Gasteiger partial charge in [-0.05, 0) is 18.9 Å². The minimum atomic E-state index is 0.0912. The van der Waals surface area contributed by atoms with Crippen LogP contribution in [0.5, 0.6) is 0 Å².